The van der Waals surface area contributed by atoms with Crippen LogP contribution in [0.5, 0.6) is 0 Å². The lowest BCUT2D eigenvalue weighted by molar-refractivity contribution is -0.0747. The number of nitrogens with zero attached hydrogens (tertiary/aromatic N) is 1. The van der Waals surface area contributed by atoms with Gasteiger partial charge in [-0.1, -0.05) is 44.2 Å². The van der Waals surface area contributed by atoms with E-state index in [0.717, 1.165) is 6.42 Å². The summed E-state index contributed by atoms with van der Waals surface area (Å²) >= 11 is 0. The predicted molar refractivity (Wildman–Crippen MR) is 83.9 cm³/mol. The summed E-state index contributed by atoms with van der Waals surface area (Å²) < 4.78 is 0. The molecule has 1 aromatic heterocycles. The van der Waals surface area contributed by atoms with Crippen molar-refractivity contribution in [2.45, 2.75) is 38.5 Å². The molecule has 0 bridgehead atoms. The first-order valence-corrected chi connectivity index (χ1v) is 7.48. The number of pyridine rings is 1. The molecular formula is C18H22N2O. The van der Waals surface area contributed by atoms with E-state index in [0.29, 0.717) is 6.04 Å². The summed E-state index contributed by atoms with van der Waals surface area (Å²) in [6.45, 7) is 4.24. The van der Waals surface area contributed by atoms with Gasteiger partial charge in [0.05, 0.1) is 12.1 Å². The van der Waals surface area contributed by atoms with Crippen molar-refractivity contribution in [3.05, 3.63) is 66.0 Å². The normalized spacial score (nSPS) is 25.1. The zero-order valence-electron chi connectivity index (χ0n) is 12.5. The number of aliphatic hydroxyl groups is 1. The molecular weight excluding hydrogens is 260 g/mol. The summed E-state index contributed by atoms with van der Waals surface area (Å²) in [5, 5.41) is 13.7. The summed E-state index contributed by atoms with van der Waals surface area (Å²) in [5.41, 5.74) is 2.36. The summed E-state index contributed by atoms with van der Waals surface area (Å²) in [4.78, 5) is 4.11. The number of rotatable bonds is 4. The number of nitrogens with one attached hydrogen (secondary N) is 1. The highest BCUT2D eigenvalue weighted by Gasteiger charge is 2.47. The fourth-order valence-electron chi connectivity index (χ4n) is 2.97. The molecule has 1 aliphatic carbocycles. The van der Waals surface area contributed by atoms with Gasteiger partial charge in [0.2, 0.25) is 0 Å². The van der Waals surface area contributed by atoms with E-state index in [9.17, 15) is 5.11 Å². The van der Waals surface area contributed by atoms with Crippen molar-refractivity contribution in [2.75, 3.05) is 0 Å². The van der Waals surface area contributed by atoms with Crippen molar-refractivity contribution in [2.24, 2.45) is 5.41 Å². The van der Waals surface area contributed by atoms with Crippen LogP contribution in [0.3, 0.4) is 0 Å². The molecule has 1 aliphatic rings. The average molecular weight is 282 g/mol. The van der Waals surface area contributed by atoms with E-state index in [2.05, 4.69) is 48.4 Å². The third kappa shape index (κ3) is 2.71. The number of hydrogen-bond acceptors (Lipinski definition) is 3. The number of aliphatic hydroxyl groups excluding tert-OH is 1. The maximum atomic E-state index is 9.95. The van der Waals surface area contributed by atoms with Crippen LogP contribution in [0.4, 0.5) is 0 Å². The summed E-state index contributed by atoms with van der Waals surface area (Å²) in [7, 11) is 0. The van der Waals surface area contributed by atoms with Gasteiger partial charge in [-0.15, -0.1) is 0 Å². The van der Waals surface area contributed by atoms with Gasteiger partial charge in [-0.3, -0.25) is 4.98 Å². The second-order valence-corrected chi connectivity index (χ2v) is 6.42. The third-order valence-electron chi connectivity index (χ3n) is 4.76. The predicted octanol–water partition coefficient (Wildman–Crippen LogP) is 2.92. The average Bonchev–Trinajstić information content (AvgIpc) is 2.53. The molecule has 21 heavy (non-hydrogen) atoms. The smallest absolute Gasteiger partial charge is 0.0621 e. The maximum Gasteiger partial charge on any atom is 0.0621 e. The Kier molecular flexibility index (Phi) is 3.79. The van der Waals surface area contributed by atoms with Gasteiger partial charge < -0.3 is 10.4 Å². The molecule has 3 rings (SSSR count). The first-order chi connectivity index (χ1) is 10.1. The van der Waals surface area contributed by atoms with E-state index in [1.54, 1.807) is 0 Å². The lowest BCUT2D eigenvalue weighted by atomic mass is 9.64. The molecule has 110 valence electrons. The zero-order valence-corrected chi connectivity index (χ0v) is 12.5. The zero-order chi connectivity index (χ0) is 14.9. The third-order valence-corrected chi connectivity index (χ3v) is 4.76. The largest absolute Gasteiger partial charge is 0.392 e. The molecule has 3 unspecified atom stereocenters. The fraction of sp³-hybridized carbons (Fsp3) is 0.389. The molecule has 1 heterocycles. The van der Waals surface area contributed by atoms with Crippen LogP contribution in [0.25, 0.3) is 0 Å². The quantitative estimate of drug-likeness (QED) is 0.906. The minimum absolute atomic E-state index is 0.0833. The minimum atomic E-state index is -0.219. The van der Waals surface area contributed by atoms with Crippen molar-refractivity contribution >= 4 is 0 Å². The monoisotopic (exact) mass is 282 g/mol. The van der Waals surface area contributed by atoms with E-state index in [4.69, 9.17) is 0 Å². The van der Waals surface area contributed by atoms with Gasteiger partial charge >= 0.3 is 0 Å². The number of benzene rings is 1. The van der Waals surface area contributed by atoms with Crippen LogP contribution in [-0.2, 0) is 0 Å². The van der Waals surface area contributed by atoms with Crippen molar-refractivity contribution in [1.82, 2.24) is 10.3 Å². The van der Waals surface area contributed by atoms with Crippen molar-refractivity contribution < 1.29 is 5.11 Å². The van der Waals surface area contributed by atoms with Gasteiger partial charge in [-0.25, -0.2) is 0 Å². The lowest BCUT2D eigenvalue weighted by Crippen LogP contribution is -2.60. The van der Waals surface area contributed by atoms with Crippen LogP contribution in [0.2, 0.25) is 0 Å². The second kappa shape index (κ2) is 5.58. The SMILES string of the molecule is CC1(C)C(O)CC1NC(c1ccccc1)c1ccncc1. The summed E-state index contributed by atoms with van der Waals surface area (Å²) in [5.74, 6) is 0. The minimum Gasteiger partial charge on any atom is -0.392 e. The Morgan fingerprint density at radius 1 is 1.10 bits per heavy atom. The molecule has 0 amide bonds. The second-order valence-electron chi connectivity index (χ2n) is 6.42. The Bertz CT molecular complexity index is 543. The summed E-state index contributed by atoms with van der Waals surface area (Å²) in [6.07, 6.45) is 4.24. The Morgan fingerprint density at radius 2 is 1.71 bits per heavy atom. The van der Waals surface area contributed by atoms with Gasteiger partial charge in [-0.2, -0.15) is 0 Å². The van der Waals surface area contributed by atoms with E-state index in [-0.39, 0.29) is 17.6 Å². The number of aromatic nitrogens is 1. The van der Waals surface area contributed by atoms with Crippen LogP contribution >= 0.6 is 0 Å². The topological polar surface area (TPSA) is 45.1 Å². The van der Waals surface area contributed by atoms with Gasteiger partial charge in [0, 0.05) is 23.9 Å². The summed E-state index contributed by atoms with van der Waals surface area (Å²) in [6, 6.07) is 15.0. The van der Waals surface area contributed by atoms with Crippen molar-refractivity contribution in [3.63, 3.8) is 0 Å². The van der Waals surface area contributed by atoms with E-state index < -0.39 is 0 Å². The van der Waals surface area contributed by atoms with E-state index in [1.807, 2.05) is 30.6 Å². The first-order valence-electron chi connectivity index (χ1n) is 7.48. The molecule has 3 atom stereocenters. The molecule has 0 saturated heterocycles. The van der Waals surface area contributed by atoms with Crippen LogP contribution in [0, 0.1) is 5.41 Å². The molecule has 2 N–H and O–H groups in total. The standard InChI is InChI=1S/C18H22N2O/c1-18(2)15(12-16(18)21)20-17(13-6-4-3-5-7-13)14-8-10-19-11-9-14/h3-11,15-17,20-21H,12H2,1-2H3. The van der Waals surface area contributed by atoms with Crippen molar-refractivity contribution in [1.29, 1.82) is 0 Å². The first kappa shape index (κ1) is 14.2. The van der Waals surface area contributed by atoms with Crippen LogP contribution in [0.1, 0.15) is 37.4 Å². The highest BCUT2D eigenvalue weighted by molar-refractivity contribution is 5.31. The van der Waals surface area contributed by atoms with Crippen LogP contribution in [0.15, 0.2) is 54.9 Å². The molecule has 1 fully saturated rings. The molecule has 1 saturated carbocycles. The van der Waals surface area contributed by atoms with Gasteiger partial charge in [0.15, 0.2) is 0 Å². The number of hydrogen-bond donors (Lipinski definition) is 2. The Hall–Kier alpha value is -1.71. The Morgan fingerprint density at radius 3 is 2.29 bits per heavy atom. The molecule has 3 heteroatoms. The van der Waals surface area contributed by atoms with Crippen LogP contribution in [-0.4, -0.2) is 22.2 Å². The Balaban J connectivity index is 1.88. The molecule has 0 radical (unpaired) electrons. The Labute approximate surface area is 126 Å². The highest BCUT2D eigenvalue weighted by atomic mass is 16.3. The lowest BCUT2D eigenvalue weighted by Gasteiger charge is -2.51. The van der Waals surface area contributed by atoms with E-state index >= 15 is 0 Å². The van der Waals surface area contributed by atoms with Gasteiger partial charge in [-0.05, 0) is 29.7 Å². The molecule has 3 nitrogen and oxygen atoms in total. The van der Waals surface area contributed by atoms with Crippen LogP contribution < -0.4 is 5.32 Å². The highest BCUT2D eigenvalue weighted by Crippen LogP contribution is 2.42. The maximum absolute atomic E-state index is 9.95. The van der Waals surface area contributed by atoms with Gasteiger partial charge in [0.25, 0.3) is 0 Å². The molecule has 2 aromatic rings. The van der Waals surface area contributed by atoms with Gasteiger partial charge in [0.1, 0.15) is 0 Å². The molecule has 0 spiro atoms. The molecule has 0 aliphatic heterocycles. The molecule has 1 aromatic carbocycles. The van der Waals surface area contributed by atoms with E-state index in [1.165, 1.54) is 11.1 Å². The fourth-order valence-corrected chi connectivity index (χ4v) is 2.97. The van der Waals surface area contributed by atoms with Crippen molar-refractivity contribution in [3.8, 4) is 0 Å².